The van der Waals surface area contributed by atoms with Crippen molar-refractivity contribution in [2.24, 2.45) is 0 Å². The maximum Gasteiger partial charge on any atom is 0.263 e. The van der Waals surface area contributed by atoms with Crippen LogP contribution in [0.5, 0.6) is 0 Å². The average molecular weight is 255 g/mol. The molecule has 0 fully saturated rings. The van der Waals surface area contributed by atoms with E-state index in [2.05, 4.69) is 31.1 Å². The van der Waals surface area contributed by atoms with Crippen LogP contribution < -0.4 is 11.1 Å². The fraction of sp³-hybridized carbons (Fsp3) is 0.583. The second kappa shape index (κ2) is 6.61. The number of carbonyl (C=O) groups excluding carboxylic acids is 1. The van der Waals surface area contributed by atoms with Crippen molar-refractivity contribution in [3.05, 3.63) is 16.3 Å². The van der Waals surface area contributed by atoms with Crippen molar-refractivity contribution in [2.75, 3.05) is 25.9 Å². The summed E-state index contributed by atoms with van der Waals surface area (Å²) in [5.41, 5.74) is 6.24. The molecule has 0 radical (unpaired) electrons. The van der Waals surface area contributed by atoms with E-state index in [1.54, 1.807) is 6.07 Å². The number of thiophene rings is 1. The van der Waals surface area contributed by atoms with Gasteiger partial charge in [-0.15, -0.1) is 11.3 Å². The summed E-state index contributed by atoms with van der Waals surface area (Å²) in [6.45, 7) is 5.84. The number of carbonyl (C=O) groups is 1. The number of hydrogen-bond acceptors (Lipinski definition) is 4. The molecule has 1 amide bonds. The van der Waals surface area contributed by atoms with Gasteiger partial charge in [-0.05, 0) is 31.8 Å². The van der Waals surface area contributed by atoms with Gasteiger partial charge in [-0.3, -0.25) is 4.79 Å². The van der Waals surface area contributed by atoms with Gasteiger partial charge in [0.2, 0.25) is 0 Å². The molecule has 0 bridgehead atoms. The normalized spacial score (nSPS) is 12.7. The van der Waals surface area contributed by atoms with E-state index in [1.807, 2.05) is 5.38 Å². The second-order valence-electron chi connectivity index (χ2n) is 4.20. The predicted molar refractivity (Wildman–Crippen MR) is 73.4 cm³/mol. The third kappa shape index (κ3) is 4.02. The minimum Gasteiger partial charge on any atom is -0.397 e. The Hall–Kier alpha value is -1.07. The topological polar surface area (TPSA) is 58.4 Å². The van der Waals surface area contributed by atoms with Crippen molar-refractivity contribution in [1.82, 2.24) is 10.2 Å². The zero-order valence-corrected chi connectivity index (χ0v) is 11.5. The summed E-state index contributed by atoms with van der Waals surface area (Å²) in [7, 11) is 2.07. The van der Waals surface area contributed by atoms with Gasteiger partial charge in [0.05, 0.1) is 5.69 Å². The third-order valence-corrected chi connectivity index (χ3v) is 3.92. The zero-order chi connectivity index (χ0) is 12.8. The molecule has 0 aliphatic rings. The molecule has 0 aliphatic carbocycles. The van der Waals surface area contributed by atoms with E-state index >= 15 is 0 Å². The van der Waals surface area contributed by atoms with Gasteiger partial charge >= 0.3 is 0 Å². The van der Waals surface area contributed by atoms with E-state index < -0.39 is 0 Å². The first-order chi connectivity index (χ1) is 8.06. The summed E-state index contributed by atoms with van der Waals surface area (Å²) in [6, 6.07) is 2.30. The molecule has 1 unspecified atom stereocenters. The number of anilines is 1. The molecule has 1 aromatic rings. The summed E-state index contributed by atoms with van der Waals surface area (Å²) in [6.07, 6.45) is 1.11. The molecule has 0 aliphatic heterocycles. The van der Waals surface area contributed by atoms with Crippen LogP contribution in [0.4, 0.5) is 5.69 Å². The van der Waals surface area contributed by atoms with Crippen molar-refractivity contribution in [1.29, 1.82) is 0 Å². The van der Waals surface area contributed by atoms with Crippen LogP contribution in [0.15, 0.2) is 11.4 Å². The van der Waals surface area contributed by atoms with Gasteiger partial charge in [-0.1, -0.05) is 6.92 Å². The molecule has 4 nitrogen and oxygen atoms in total. The highest BCUT2D eigenvalue weighted by atomic mass is 32.1. The van der Waals surface area contributed by atoms with Gasteiger partial charge in [-0.25, -0.2) is 0 Å². The summed E-state index contributed by atoms with van der Waals surface area (Å²) in [5.74, 6) is -0.0740. The number of rotatable bonds is 6. The lowest BCUT2D eigenvalue weighted by Gasteiger charge is -2.23. The number of nitrogens with one attached hydrogen (secondary N) is 1. The lowest BCUT2D eigenvalue weighted by Crippen LogP contribution is -2.37. The van der Waals surface area contributed by atoms with Crippen LogP contribution in [0.25, 0.3) is 0 Å². The van der Waals surface area contributed by atoms with Crippen molar-refractivity contribution >= 4 is 22.9 Å². The van der Waals surface area contributed by atoms with E-state index in [-0.39, 0.29) is 5.91 Å². The van der Waals surface area contributed by atoms with Gasteiger partial charge in [0.25, 0.3) is 5.91 Å². The van der Waals surface area contributed by atoms with Gasteiger partial charge < -0.3 is 16.0 Å². The standard InChI is InChI=1S/C12H21N3OS/c1-4-9(2)15(3)7-6-14-12(16)11-10(13)5-8-17-11/h5,8-9H,4,6-7,13H2,1-3H3,(H,14,16). The molecule has 17 heavy (non-hydrogen) atoms. The predicted octanol–water partition coefficient (Wildman–Crippen LogP) is 1.79. The van der Waals surface area contributed by atoms with Crippen LogP contribution in [0.2, 0.25) is 0 Å². The number of hydrogen-bond donors (Lipinski definition) is 2. The van der Waals surface area contributed by atoms with Crippen LogP contribution in [0, 0.1) is 0 Å². The average Bonchev–Trinajstić information content (AvgIpc) is 2.74. The van der Waals surface area contributed by atoms with Gasteiger partial charge in [-0.2, -0.15) is 0 Å². The van der Waals surface area contributed by atoms with Crippen LogP contribution >= 0.6 is 11.3 Å². The molecule has 3 N–H and O–H groups in total. The van der Waals surface area contributed by atoms with Crippen molar-refractivity contribution in [3.63, 3.8) is 0 Å². The third-order valence-electron chi connectivity index (χ3n) is 3.00. The van der Waals surface area contributed by atoms with Gasteiger partial charge in [0.15, 0.2) is 0 Å². The second-order valence-corrected chi connectivity index (χ2v) is 5.11. The lowest BCUT2D eigenvalue weighted by atomic mass is 10.2. The van der Waals surface area contributed by atoms with Crippen molar-refractivity contribution in [2.45, 2.75) is 26.3 Å². The molecule has 1 heterocycles. The quantitative estimate of drug-likeness (QED) is 0.815. The maximum absolute atomic E-state index is 11.7. The van der Waals surface area contributed by atoms with E-state index in [0.29, 0.717) is 23.2 Å². The minimum atomic E-state index is -0.0740. The molecule has 1 atom stereocenters. The van der Waals surface area contributed by atoms with Gasteiger partial charge in [0, 0.05) is 19.1 Å². The lowest BCUT2D eigenvalue weighted by molar-refractivity contribution is 0.0952. The Bertz CT molecular complexity index is 364. The first kappa shape index (κ1) is 14.0. The smallest absolute Gasteiger partial charge is 0.263 e. The molecule has 0 saturated heterocycles. The van der Waals surface area contributed by atoms with E-state index in [9.17, 15) is 4.79 Å². The largest absolute Gasteiger partial charge is 0.397 e. The summed E-state index contributed by atoms with van der Waals surface area (Å²) < 4.78 is 0. The van der Waals surface area contributed by atoms with E-state index in [1.165, 1.54) is 11.3 Å². The van der Waals surface area contributed by atoms with Crippen molar-refractivity contribution in [3.8, 4) is 0 Å². The van der Waals surface area contributed by atoms with Crippen molar-refractivity contribution < 1.29 is 4.79 Å². The molecular formula is C12H21N3OS. The van der Waals surface area contributed by atoms with E-state index in [0.717, 1.165) is 13.0 Å². The van der Waals surface area contributed by atoms with Crippen LogP contribution in [0.3, 0.4) is 0 Å². The molecule has 0 saturated carbocycles. The number of nitrogen functional groups attached to an aromatic ring is 1. The summed E-state index contributed by atoms with van der Waals surface area (Å²) in [4.78, 5) is 14.6. The molecule has 0 spiro atoms. The Morgan fingerprint density at radius 2 is 2.35 bits per heavy atom. The fourth-order valence-corrected chi connectivity index (χ4v) is 2.20. The summed E-state index contributed by atoms with van der Waals surface area (Å²) in [5, 5.41) is 4.71. The Kier molecular flexibility index (Phi) is 5.44. The molecule has 1 rings (SSSR count). The van der Waals surface area contributed by atoms with Crippen LogP contribution in [-0.2, 0) is 0 Å². The summed E-state index contributed by atoms with van der Waals surface area (Å²) >= 11 is 1.38. The highest BCUT2D eigenvalue weighted by Crippen LogP contribution is 2.18. The Balaban J connectivity index is 2.32. The SMILES string of the molecule is CCC(C)N(C)CCNC(=O)c1sccc1N. The first-order valence-electron chi connectivity index (χ1n) is 5.87. The fourth-order valence-electron chi connectivity index (χ4n) is 1.46. The number of nitrogens with zero attached hydrogens (tertiary/aromatic N) is 1. The maximum atomic E-state index is 11.7. The first-order valence-corrected chi connectivity index (χ1v) is 6.75. The van der Waals surface area contributed by atoms with Crippen LogP contribution in [-0.4, -0.2) is 37.0 Å². The number of amides is 1. The molecular weight excluding hydrogens is 234 g/mol. The monoisotopic (exact) mass is 255 g/mol. The Morgan fingerprint density at radius 3 is 2.88 bits per heavy atom. The van der Waals surface area contributed by atoms with E-state index in [4.69, 9.17) is 5.73 Å². The van der Waals surface area contributed by atoms with Crippen LogP contribution in [0.1, 0.15) is 29.9 Å². The Labute approximate surface area is 107 Å². The molecule has 5 heteroatoms. The highest BCUT2D eigenvalue weighted by Gasteiger charge is 2.11. The number of likely N-dealkylation sites (N-methyl/N-ethyl adjacent to an activating group) is 1. The van der Waals surface area contributed by atoms with Gasteiger partial charge in [0.1, 0.15) is 4.88 Å². The zero-order valence-electron chi connectivity index (χ0n) is 10.7. The molecule has 1 aromatic heterocycles. The minimum absolute atomic E-state index is 0.0740. The molecule has 0 aromatic carbocycles. The molecule has 96 valence electrons. The number of nitrogens with two attached hydrogens (primary N) is 1. The Morgan fingerprint density at radius 1 is 1.65 bits per heavy atom. The highest BCUT2D eigenvalue weighted by molar-refractivity contribution is 7.12.